The predicted molar refractivity (Wildman–Crippen MR) is 50.9 cm³/mol. The quantitative estimate of drug-likeness (QED) is 0.382. The van der Waals surface area contributed by atoms with Crippen molar-refractivity contribution in [2.45, 2.75) is 12.5 Å². The van der Waals surface area contributed by atoms with Crippen LogP contribution in [0.4, 0.5) is 4.79 Å². The van der Waals surface area contributed by atoms with Crippen molar-refractivity contribution in [3.05, 3.63) is 0 Å². The Morgan fingerprint density at radius 1 is 1.75 bits per heavy atom. The van der Waals surface area contributed by atoms with Gasteiger partial charge in [0.25, 0.3) is 0 Å². The van der Waals surface area contributed by atoms with Gasteiger partial charge in [0, 0.05) is 12.6 Å². The summed E-state index contributed by atoms with van der Waals surface area (Å²) in [5.41, 5.74) is 0. The van der Waals surface area contributed by atoms with Gasteiger partial charge in [0.2, 0.25) is 0 Å². The van der Waals surface area contributed by atoms with Gasteiger partial charge in [-0.15, -0.1) is 0 Å². The molecule has 68 valence electrons. The van der Waals surface area contributed by atoms with Crippen LogP contribution in [0.5, 0.6) is 0 Å². The van der Waals surface area contributed by atoms with Crippen LogP contribution in [-0.2, 0) is 4.52 Å². The summed E-state index contributed by atoms with van der Waals surface area (Å²) in [5.74, 6) is 0. The van der Waals surface area contributed by atoms with Crippen LogP contribution in [0.2, 0.25) is 0 Å². The van der Waals surface area contributed by atoms with E-state index in [9.17, 15) is 4.79 Å². The molecule has 0 aromatic carbocycles. The van der Waals surface area contributed by atoms with Crippen LogP contribution in [0.1, 0.15) is 6.42 Å². The maximum absolute atomic E-state index is 11.0. The molecule has 0 aliphatic carbocycles. The Kier molecular flexibility index (Phi) is 4.36. The SMILES string of the molecule is BNPOC(=O)N[C@H]1CCNC1. The first-order chi connectivity index (χ1) is 5.83. The number of amides is 1. The summed E-state index contributed by atoms with van der Waals surface area (Å²) in [5, 5.41) is 5.91. The number of carbonyl (C=O) groups excluding carboxylic acids is 1. The molecule has 12 heavy (non-hydrogen) atoms. The van der Waals surface area contributed by atoms with Gasteiger partial charge in [0.1, 0.15) is 8.96 Å². The third-order valence-electron chi connectivity index (χ3n) is 1.63. The van der Waals surface area contributed by atoms with E-state index in [0.717, 1.165) is 19.5 Å². The van der Waals surface area contributed by atoms with Crippen molar-refractivity contribution < 1.29 is 9.32 Å². The van der Waals surface area contributed by atoms with Gasteiger partial charge in [0.05, 0.1) is 0 Å². The number of rotatable bonds is 3. The van der Waals surface area contributed by atoms with Crippen LogP contribution in [0.15, 0.2) is 0 Å². The minimum atomic E-state index is -0.337. The maximum atomic E-state index is 11.0. The minimum absolute atomic E-state index is 0.0355. The largest absolute Gasteiger partial charge is 0.416 e. The Balaban J connectivity index is 2.08. The van der Waals surface area contributed by atoms with E-state index in [-0.39, 0.29) is 21.1 Å². The zero-order chi connectivity index (χ0) is 8.81. The van der Waals surface area contributed by atoms with Gasteiger partial charge >= 0.3 is 6.09 Å². The summed E-state index contributed by atoms with van der Waals surface area (Å²) < 4.78 is 4.79. The average Bonchev–Trinajstić information content (AvgIpc) is 2.53. The van der Waals surface area contributed by atoms with Gasteiger partial charge in [-0.2, -0.15) is 0 Å². The molecular formula is C5H13BN3O2P. The fraction of sp³-hybridized carbons (Fsp3) is 0.800. The summed E-state index contributed by atoms with van der Waals surface area (Å²) in [6.07, 6.45) is 0.647. The number of hydrogen-bond acceptors (Lipinski definition) is 4. The van der Waals surface area contributed by atoms with E-state index in [1.165, 1.54) is 0 Å². The Labute approximate surface area is 74.3 Å². The predicted octanol–water partition coefficient (Wildman–Crippen LogP) is -1.28. The molecule has 0 spiro atoms. The van der Waals surface area contributed by atoms with Crippen molar-refractivity contribution in [1.82, 2.24) is 15.6 Å². The first-order valence-corrected chi connectivity index (χ1v) is 4.83. The zero-order valence-electron chi connectivity index (χ0n) is 7.02. The lowest BCUT2D eigenvalue weighted by molar-refractivity contribution is 0.203. The molecule has 0 aromatic heterocycles. The van der Waals surface area contributed by atoms with E-state index in [4.69, 9.17) is 4.52 Å². The van der Waals surface area contributed by atoms with E-state index < -0.39 is 0 Å². The van der Waals surface area contributed by atoms with Crippen LogP contribution in [0.3, 0.4) is 0 Å². The van der Waals surface area contributed by atoms with Gasteiger partial charge in [-0.05, 0) is 13.0 Å². The molecule has 1 fully saturated rings. The average molecular weight is 189 g/mol. The van der Waals surface area contributed by atoms with Crippen LogP contribution < -0.4 is 15.6 Å². The highest BCUT2D eigenvalue weighted by Crippen LogP contribution is 2.04. The number of nitrogens with one attached hydrogen (secondary N) is 3. The van der Waals surface area contributed by atoms with Crippen LogP contribution in [0, 0.1) is 0 Å². The van der Waals surface area contributed by atoms with Crippen molar-refractivity contribution >= 4 is 23.0 Å². The van der Waals surface area contributed by atoms with Crippen molar-refractivity contribution in [2.24, 2.45) is 0 Å². The van der Waals surface area contributed by atoms with Gasteiger partial charge in [-0.3, -0.25) is 0 Å². The standard InChI is InChI=1S/C5H13BN3O2P/c6-9-12-11-5(10)8-4-1-2-7-3-4/h4,7,9,12H,1-3,6H2,(H,8,10)/t4-/m0/s1. The smallest absolute Gasteiger partial charge is 0.411 e. The second-order valence-electron chi connectivity index (χ2n) is 2.58. The molecule has 0 aromatic rings. The highest BCUT2D eigenvalue weighted by Gasteiger charge is 2.16. The molecule has 1 amide bonds. The maximum Gasteiger partial charge on any atom is 0.411 e. The van der Waals surface area contributed by atoms with Gasteiger partial charge in [-0.1, -0.05) is 0 Å². The van der Waals surface area contributed by atoms with Gasteiger partial charge in [-0.25, -0.2) is 4.79 Å². The van der Waals surface area contributed by atoms with Crippen LogP contribution in [0.25, 0.3) is 0 Å². The summed E-state index contributed by atoms with van der Waals surface area (Å²) in [6.45, 7) is 1.82. The zero-order valence-corrected chi connectivity index (χ0v) is 8.02. The van der Waals surface area contributed by atoms with Crippen molar-refractivity contribution in [3.8, 4) is 0 Å². The fourth-order valence-electron chi connectivity index (χ4n) is 1.07. The van der Waals surface area contributed by atoms with Gasteiger partial charge in [0.15, 0.2) is 7.98 Å². The normalized spacial score (nSPS) is 23.2. The Bertz CT molecular complexity index is 154. The minimum Gasteiger partial charge on any atom is -0.416 e. The molecule has 2 atom stereocenters. The number of hydrogen-bond donors (Lipinski definition) is 3. The Morgan fingerprint density at radius 3 is 3.17 bits per heavy atom. The van der Waals surface area contributed by atoms with Crippen molar-refractivity contribution in [1.29, 1.82) is 0 Å². The molecule has 0 bridgehead atoms. The third-order valence-corrected chi connectivity index (χ3v) is 2.12. The Morgan fingerprint density at radius 2 is 2.58 bits per heavy atom. The first-order valence-electron chi connectivity index (χ1n) is 3.92. The second kappa shape index (κ2) is 5.35. The molecule has 1 aliphatic heterocycles. The van der Waals surface area contributed by atoms with E-state index in [0.29, 0.717) is 0 Å². The molecule has 1 saturated heterocycles. The number of carbonyl (C=O) groups is 1. The second-order valence-corrected chi connectivity index (χ2v) is 3.48. The highest BCUT2D eigenvalue weighted by molar-refractivity contribution is 7.32. The van der Waals surface area contributed by atoms with Crippen LogP contribution >= 0.6 is 8.96 Å². The Hall–Kier alpha value is -0.315. The summed E-state index contributed by atoms with van der Waals surface area (Å²) in [7, 11) is 1.77. The lowest BCUT2D eigenvalue weighted by Gasteiger charge is -2.10. The molecule has 1 rings (SSSR count). The molecule has 0 radical (unpaired) electrons. The summed E-state index contributed by atoms with van der Waals surface area (Å²) in [6, 6.07) is 0.235. The summed E-state index contributed by atoms with van der Waals surface area (Å²) in [4.78, 5) is 13.7. The third kappa shape index (κ3) is 3.39. The lowest BCUT2D eigenvalue weighted by Crippen LogP contribution is -2.35. The van der Waals surface area contributed by atoms with Crippen molar-refractivity contribution in [2.75, 3.05) is 13.1 Å². The first kappa shape index (κ1) is 9.77. The molecule has 1 unspecified atom stereocenters. The lowest BCUT2D eigenvalue weighted by atomic mass is 10.3. The molecule has 5 nitrogen and oxygen atoms in total. The van der Waals surface area contributed by atoms with E-state index in [1.54, 1.807) is 7.98 Å². The topological polar surface area (TPSA) is 62.4 Å². The van der Waals surface area contributed by atoms with E-state index in [2.05, 4.69) is 15.6 Å². The molecule has 7 heteroatoms. The van der Waals surface area contributed by atoms with Gasteiger partial charge < -0.3 is 20.2 Å². The van der Waals surface area contributed by atoms with E-state index in [1.807, 2.05) is 0 Å². The highest BCUT2D eigenvalue weighted by atomic mass is 31.1. The van der Waals surface area contributed by atoms with Crippen molar-refractivity contribution in [3.63, 3.8) is 0 Å². The summed E-state index contributed by atoms with van der Waals surface area (Å²) >= 11 is 0. The van der Waals surface area contributed by atoms with E-state index >= 15 is 0 Å². The molecule has 3 N–H and O–H groups in total. The molecule has 1 aliphatic rings. The molecule has 0 saturated carbocycles. The molecule has 1 heterocycles. The fourth-order valence-corrected chi connectivity index (χ4v) is 1.33. The van der Waals surface area contributed by atoms with Crippen LogP contribution in [-0.4, -0.2) is 33.2 Å². The monoisotopic (exact) mass is 189 g/mol. The molecular weight excluding hydrogens is 176 g/mol.